The van der Waals surface area contributed by atoms with Gasteiger partial charge in [-0.15, -0.1) is 0 Å². The van der Waals surface area contributed by atoms with Crippen LogP contribution in [-0.4, -0.2) is 0 Å². The van der Waals surface area contributed by atoms with Gasteiger partial charge in [0.05, 0.1) is 11.6 Å². The summed E-state index contributed by atoms with van der Waals surface area (Å²) in [4.78, 5) is 0. The predicted octanol–water partition coefficient (Wildman–Crippen LogP) is 4.99. The molecule has 0 aliphatic carbocycles. The van der Waals surface area contributed by atoms with Gasteiger partial charge in [-0.25, -0.2) is 0 Å². The quantitative estimate of drug-likeness (QED) is 0.779. The van der Waals surface area contributed by atoms with Crippen LogP contribution in [0.2, 0.25) is 5.02 Å². The third kappa shape index (κ3) is 4.51. The molecule has 3 heteroatoms. The van der Waals surface area contributed by atoms with Gasteiger partial charge in [0.25, 0.3) is 0 Å². The molecular formula is C18H18ClNO. The van der Waals surface area contributed by atoms with Crippen LogP contribution < -0.4 is 4.74 Å². The van der Waals surface area contributed by atoms with Gasteiger partial charge in [0, 0.05) is 5.02 Å². The Morgan fingerprint density at radius 1 is 1.14 bits per heavy atom. The molecule has 0 N–H and O–H groups in total. The minimum Gasteiger partial charge on any atom is -0.489 e. The average Bonchev–Trinajstić information content (AvgIpc) is 2.46. The minimum atomic E-state index is 0.485. The fraction of sp³-hybridized carbons (Fsp3) is 0.278. The highest BCUT2D eigenvalue weighted by Crippen LogP contribution is 2.26. The van der Waals surface area contributed by atoms with E-state index in [0.29, 0.717) is 18.1 Å². The van der Waals surface area contributed by atoms with Crippen LogP contribution in [0.4, 0.5) is 0 Å². The molecule has 0 aromatic heterocycles. The largest absolute Gasteiger partial charge is 0.489 e. The molecule has 2 aromatic carbocycles. The lowest BCUT2D eigenvalue weighted by Gasteiger charge is -2.13. The predicted molar refractivity (Wildman–Crippen MR) is 85.5 cm³/mol. The van der Waals surface area contributed by atoms with Crippen molar-refractivity contribution in [2.24, 2.45) is 5.92 Å². The Hall–Kier alpha value is -1.98. The molecule has 2 nitrogen and oxygen atoms in total. The molecule has 0 saturated carbocycles. The number of nitrogens with zero attached hydrogens (tertiary/aromatic N) is 1. The standard InChI is InChI=1S/C18H18ClNO/c1-13(2)9-16-10-17(19)7-8-18(16)21-12-15-5-3-14(11-20)4-6-15/h3-8,10,13H,9,12H2,1-2H3. The molecule has 0 amide bonds. The maximum Gasteiger partial charge on any atom is 0.123 e. The molecule has 0 unspecified atom stereocenters. The summed E-state index contributed by atoms with van der Waals surface area (Å²) in [6.07, 6.45) is 0.934. The van der Waals surface area contributed by atoms with Crippen LogP contribution in [0.25, 0.3) is 0 Å². The van der Waals surface area contributed by atoms with E-state index in [4.69, 9.17) is 21.6 Å². The van der Waals surface area contributed by atoms with E-state index in [1.807, 2.05) is 30.3 Å². The lowest BCUT2D eigenvalue weighted by atomic mass is 10.0. The second-order valence-electron chi connectivity index (χ2n) is 5.45. The van der Waals surface area contributed by atoms with Crippen molar-refractivity contribution in [1.82, 2.24) is 0 Å². The molecule has 0 fully saturated rings. The van der Waals surface area contributed by atoms with E-state index in [1.54, 1.807) is 12.1 Å². The Morgan fingerprint density at radius 2 is 1.86 bits per heavy atom. The summed E-state index contributed by atoms with van der Waals surface area (Å²) in [7, 11) is 0. The van der Waals surface area contributed by atoms with Crippen LogP contribution in [-0.2, 0) is 13.0 Å². The lowest BCUT2D eigenvalue weighted by Crippen LogP contribution is -2.01. The normalized spacial score (nSPS) is 10.4. The second kappa shape index (κ2) is 7.15. The average molecular weight is 300 g/mol. The highest BCUT2D eigenvalue weighted by molar-refractivity contribution is 6.30. The third-order valence-corrected chi connectivity index (χ3v) is 3.36. The van der Waals surface area contributed by atoms with Crippen molar-refractivity contribution in [3.05, 3.63) is 64.2 Å². The first kappa shape index (κ1) is 15.4. The molecular weight excluding hydrogens is 282 g/mol. The van der Waals surface area contributed by atoms with Gasteiger partial charge >= 0.3 is 0 Å². The van der Waals surface area contributed by atoms with Crippen molar-refractivity contribution in [2.45, 2.75) is 26.9 Å². The van der Waals surface area contributed by atoms with Crippen LogP contribution in [0, 0.1) is 17.2 Å². The molecule has 0 atom stereocenters. The fourth-order valence-corrected chi connectivity index (χ4v) is 2.32. The molecule has 0 spiro atoms. The highest BCUT2D eigenvalue weighted by Gasteiger charge is 2.07. The maximum absolute atomic E-state index is 8.79. The number of hydrogen-bond acceptors (Lipinski definition) is 2. The van der Waals surface area contributed by atoms with Crippen LogP contribution >= 0.6 is 11.6 Å². The minimum absolute atomic E-state index is 0.485. The Balaban J connectivity index is 2.10. The van der Waals surface area contributed by atoms with E-state index in [-0.39, 0.29) is 0 Å². The van der Waals surface area contributed by atoms with Gasteiger partial charge in [0.15, 0.2) is 0 Å². The first-order valence-electron chi connectivity index (χ1n) is 6.98. The van der Waals surface area contributed by atoms with Gasteiger partial charge in [0.1, 0.15) is 12.4 Å². The van der Waals surface area contributed by atoms with Crippen LogP contribution in [0.1, 0.15) is 30.5 Å². The Morgan fingerprint density at radius 3 is 2.48 bits per heavy atom. The molecule has 0 radical (unpaired) electrons. The van der Waals surface area contributed by atoms with E-state index < -0.39 is 0 Å². The molecule has 21 heavy (non-hydrogen) atoms. The molecule has 0 saturated heterocycles. The summed E-state index contributed by atoms with van der Waals surface area (Å²) >= 11 is 6.06. The van der Waals surface area contributed by atoms with Gasteiger partial charge in [-0.05, 0) is 53.8 Å². The first-order chi connectivity index (χ1) is 10.1. The van der Waals surface area contributed by atoms with Crippen molar-refractivity contribution in [3.8, 4) is 11.8 Å². The SMILES string of the molecule is CC(C)Cc1cc(Cl)ccc1OCc1ccc(C#N)cc1. The molecule has 2 rings (SSSR count). The summed E-state index contributed by atoms with van der Waals surface area (Å²) in [6, 6.07) is 15.3. The molecule has 0 heterocycles. The first-order valence-corrected chi connectivity index (χ1v) is 7.36. The summed E-state index contributed by atoms with van der Waals surface area (Å²) < 4.78 is 5.91. The van der Waals surface area contributed by atoms with Gasteiger partial charge < -0.3 is 4.74 Å². The van der Waals surface area contributed by atoms with Crippen molar-refractivity contribution >= 4 is 11.6 Å². The number of ether oxygens (including phenoxy) is 1. The van der Waals surface area contributed by atoms with E-state index >= 15 is 0 Å². The van der Waals surface area contributed by atoms with E-state index in [1.165, 1.54) is 0 Å². The monoisotopic (exact) mass is 299 g/mol. The molecule has 0 aliphatic rings. The zero-order valence-corrected chi connectivity index (χ0v) is 13.0. The summed E-state index contributed by atoms with van der Waals surface area (Å²) in [5.74, 6) is 1.41. The zero-order chi connectivity index (χ0) is 15.2. The Kier molecular flexibility index (Phi) is 5.25. The van der Waals surface area contributed by atoms with Crippen LogP contribution in [0.15, 0.2) is 42.5 Å². The Labute approximate surface area is 130 Å². The number of nitriles is 1. The molecule has 108 valence electrons. The van der Waals surface area contributed by atoms with E-state index in [9.17, 15) is 0 Å². The van der Waals surface area contributed by atoms with Crippen LogP contribution in [0.3, 0.4) is 0 Å². The lowest BCUT2D eigenvalue weighted by molar-refractivity contribution is 0.302. The van der Waals surface area contributed by atoms with Gasteiger partial charge in [0.2, 0.25) is 0 Å². The van der Waals surface area contributed by atoms with Crippen molar-refractivity contribution < 1.29 is 4.74 Å². The maximum atomic E-state index is 8.79. The van der Waals surface area contributed by atoms with Crippen molar-refractivity contribution in [1.29, 1.82) is 5.26 Å². The Bertz CT molecular complexity index is 641. The van der Waals surface area contributed by atoms with Crippen LogP contribution in [0.5, 0.6) is 5.75 Å². The van der Waals surface area contributed by atoms with E-state index in [0.717, 1.165) is 28.3 Å². The summed E-state index contributed by atoms with van der Waals surface area (Å²) in [5.41, 5.74) is 2.83. The number of benzene rings is 2. The van der Waals surface area contributed by atoms with Gasteiger partial charge in [-0.2, -0.15) is 5.26 Å². The van der Waals surface area contributed by atoms with Gasteiger partial charge in [-0.1, -0.05) is 37.6 Å². The molecule has 0 bridgehead atoms. The van der Waals surface area contributed by atoms with Crippen molar-refractivity contribution in [3.63, 3.8) is 0 Å². The second-order valence-corrected chi connectivity index (χ2v) is 5.88. The summed E-state index contributed by atoms with van der Waals surface area (Å²) in [5, 5.41) is 9.52. The topological polar surface area (TPSA) is 33.0 Å². The number of hydrogen-bond donors (Lipinski definition) is 0. The number of rotatable bonds is 5. The fourth-order valence-electron chi connectivity index (χ4n) is 2.12. The smallest absolute Gasteiger partial charge is 0.123 e. The van der Waals surface area contributed by atoms with Crippen molar-refractivity contribution in [2.75, 3.05) is 0 Å². The summed E-state index contributed by atoms with van der Waals surface area (Å²) in [6.45, 7) is 4.83. The molecule has 0 aliphatic heterocycles. The molecule has 2 aromatic rings. The third-order valence-electron chi connectivity index (χ3n) is 3.13. The highest BCUT2D eigenvalue weighted by atomic mass is 35.5. The number of halogens is 1. The van der Waals surface area contributed by atoms with Gasteiger partial charge in [-0.3, -0.25) is 0 Å². The zero-order valence-electron chi connectivity index (χ0n) is 12.3. The van der Waals surface area contributed by atoms with E-state index in [2.05, 4.69) is 19.9 Å².